The van der Waals surface area contributed by atoms with E-state index in [1.807, 2.05) is 18.2 Å². The van der Waals surface area contributed by atoms with Gasteiger partial charge in [0.2, 0.25) is 5.91 Å². The highest BCUT2D eigenvalue weighted by atomic mass is 16.3. The Hall–Kier alpha value is -2.17. The molecule has 1 amide bonds. The summed E-state index contributed by atoms with van der Waals surface area (Å²) in [6, 6.07) is 5.78. The summed E-state index contributed by atoms with van der Waals surface area (Å²) in [5.41, 5.74) is 2.65. The lowest BCUT2D eigenvalue weighted by Crippen LogP contribution is -2.30. The lowest BCUT2D eigenvalue weighted by atomic mass is 10.1. The summed E-state index contributed by atoms with van der Waals surface area (Å²) in [6.45, 7) is 2.00. The van der Waals surface area contributed by atoms with Crippen molar-refractivity contribution >= 4 is 22.8 Å². The molecule has 0 radical (unpaired) electrons. The van der Waals surface area contributed by atoms with Crippen molar-refractivity contribution in [3.05, 3.63) is 30.2 Å². The minimum atomic E-state index is -0.145. The lowest BCUT2D eigenvalue weighted by molar-refractivity contribution is -0.133. The van der Waals surface area contributed by atoms with Gasteiger partial charge in [0.15, 0.2) is 12.0 Å². The van der Waals surface area contributed by atoms with E-state index < -0.39 is 0 Å². The van der Waals surface area contributed by atoms with Crippen molar-refractivity contribution in [1.29, 1.82) is 0 Å². The van der Waals surface area contributed by atoms with E-state index in [2.05, 4.69) is 4.98 Å². The van der Waals surface area contributed by atoms with Crippen molar-refractivity contribution in [2.45, 2.75) is 19.8 Å². The van der Waals surface area contributed by atoms with Crippen molar-refractivity contribution in [2.75, 3.05) is 13.6 Å². The van der Waals surface area contributed by atoms with E-state index in [0.717, 1.165) is 23.1 Å². The molecule has 19 heavy (non-hydrogen) atoms. The van der Waals surface area contributed by atoms with E-state index in [4.69, 9.17) is 4.42 Å². The maximum Gasteiger partial charge on any atom is 0.229 e. The van der Waals surface area contributed by atoms with Gasteiger partial charge in [-0.15, -0.1) is 0 Å². The average Bonchev–Trinajstić information content (AvgIpc) is 2.82. The number of nitrogens with zero attached hydrogens (tertiary/aromatic N) is 2. The molecule has 0 atom stereocenters. The molecule has 5 nitrogen and oxygen atoms in total. The Balaban J connectivity index is 1.94. The lowest BCUT2D eigenvalue weighted by Gasteiger charge is -2.16. The molecule has 0 aliphatic carbocycles. The first kappa shape index (κ1) is 13.3. The second-order valence-corrected chi connectivity index (χ2v) is 4.60. The van der Waals surface area contributed by atoms with Crippen LogP contribution in [0.3, 0.4) is 0 Å². The van der Waals surface area contributed by atoms with Crippen LogP contribution in [0.2, 0.25) is 0 Å². The van der Waals surface area contributed by atoms with E-state index >= 15 is 0 Å². The predicted octanol–water partition coefficient (Wildman–Crippen LogP) is 1.81. The van der Waals surface area contributed by atoms with Gasteiger partial charge in [-0.05, 0) is 31.0 Å². The number of carbonyl (C=O) groups is 2. The molecular weight excluding hydrogens is 244 g/mol. The van der Waals surface area contributed by atoms with Crippen molar-refractivity contribution in [3.63, 3.8) is 0 Å². The molecule has 0 fully saturated rings. The zero-order valence-corrected chi connectivity index (χ0v) is 11.0. The molecule has 0 bridgehead atoms. The van der Waals surface area contributed by atoms with Crippen LogP contribution in [-0.4, -0.2) is 35.2 Å². The van der Waals surface area contributed by atoms with E-state index in [1.165, 1.54) is 13.3 Å². The summed E-state index contributed by atoms with van der Waals surface area (Å²) < 4.78 is 5.23. The Morgan fingerprint density at radius 2 is 2.16 bits per heavy atom. The molecule has 0 N–H and O–H groups in total. The maximum absolute atomic E-state index is 11.6. The molecule has 2 rings (SSSR count). The Kier molecular flexibility index (Phi) is 3.94. The molecule has 0 saturated heterocycles. The number of hydrogen-bond acceptors (Lipinski definition) is 4. The summed E-state index contributed by atoms with van der Waals surface area (Å²) in [5.74, 6) is -0.256. The van der Waals surface area contributed by atoms with E-state index in [0.29, 0.717) is 6.54 Å². The van der Waals surface area contributed by atoms with Gasteiger partial charge in [-0.3, -0.25) is 9.59 Å². The van der Waals surface area contributed by atoms with Crippen LogP contribution in [0.1, 0.15) is 18.9 Å². The van der Waals surface area contributed by atoms with Crippen molar-refractivity contribution in [1.82, 2.24) is 9.88 Å². The normalized spacial score (nSPS) is 10.6. The van der Waals surface area contributed by atoms with Gasteiger partial charge in [0, 0.05) is 13.6 Å². The van der Waals surface area contributed by atoms with E-state index in [-0.39, 0.29) is 18.1 Å². The van der Waals surface area contributed by atoms with Crippen molar-refractivity contribution < 1.29 is 14.0 Å². The predicted molar refractivity (Wildman–Crippen MR) is 70.6 cm³/mol. The molecule has 1 aromatic carbocycles. The number of Topliss-reactive ketones (excluding diaryl/α,β-unsaturated/α-hetero) is 1. The average molecular weight is 260 g/mol. The fourth-order valence-electron chi connectivity index (χ4n) is 1.82. The number of amides is 1. The summed E-state index contributed by atoms with van der Waals surface area (Å²) in [6.07, 6.45) is 2.10. The van der Waals surface area contributed by atoms with Gasteiger partial charge in [-0.1, -0.05) is 6.07 Å². The number of hydrogen-bond donors (Lipinski definition) is 0. The molecular formula is C14H16N2O3. The first-order chi connectivity index (χ1) is 9.06. The molecule has 0 spiro atoms. The van der Waals surface area contributed by atoms with Crippen LogP contribution in [0.25, 0.3) is 11.1 Å². The topological polar surface area (TPSA) is 63.4 Å². The Morgan fingerprint density at radius 3 is 2.89 bits per heavy atom. The minimum absolute atomic E-state index is 0.0301. The van der Waals surface area contributed by atoms with Crippen LogP contribution < -0.4 is 0 Å². The van der Waals surface area contributed by atoms with Crippen LogP contribution in [0, 0.1) is 0 Å². The Morgan fingerprint density at radius 1 is 1.37 bits per heavy atom. The van der Waals surface area contributed by atoms with Crippen LogP contribution in [-0.2, 0) is 16.0 Å². The fraction of sp³-hybridized carbons (Fsp3) is 0.357. The number of fused-ring (bicyclic) bond motifs is 1. The number of rotatable bonds is 5. The third-order valence-corrected chi connectivity index (χ3v) is 2.96. The van der Waals surface area contributed by atoms with Gasteiger partial charge >= 0.3 is 0 Å². The smallest absolute Gasteiger partial charge is 0.229 e. The fourth-order valence-corrected chi connectivity index (χ4v) is 1.82. The third-order valence-electron chi connectivity index (χ3n) is 2.96. The van der Waals surface area contributed by atoms with Gasteiger partial charge < -0.3 is 9.32 Å². The molecule has 5 heteroatoms. The number of oxazole rings is 1. The number of carbonyl (C=O) groups excluding carboxylic acids is 2. The van der Waals surface area contributed by atoms with Gasteiger partial charge in [0.25, 0.3) is 0 Å². The van der Waals surface area contributed by atoms with Gasteiger partial charge in [-0.2, -0.15) is 0 Å². The number of aromatic nitrogens is 1. The van der Waals surface area contributed by atoms with Gasteiger partial charge in [0.1, 0.15) is 11.3 Å². The molecule has 0 saturated carbocycles. The Labute approximate surface area is 111 Å². The first-order valence-electron chi connectivity index (χ1n) is 6.12. The molecule has 1 aromatic heterocycles. The molecule has 1 heterocycles. The zero-order valence-electron chi connectivity index (χ0n) is 11.0. The summed E-state index contributed by atoms with van der Waals surface area (Å²) in [4.78, 5) is 28.1. The molecule has 2 aromatic rings. The molecule has 0 aliphatic rings. The highest BCUT2D eigenvalue weighted by Crippen LogP contribution is 2.14. The molecule has 0 unspecified atom stereocenters. The minimum Gasteiger partial charge on any atom is -0.443 e. The maximum atomic E-state index is 11.6. The van der Waals surface area contributed by atoms with Crippen LogP contribution in [0.5, 0.6) is 0 Å². The highest BCUT2D eigenvalue weighted by Gasteiger charge is 2.11. The van der Waals surface area contributed by atoms with Crippen LogP contribution in [0.4, 0.5) is 0 Å². The van der Waals surface area contributed by atoms with Crippen LogP contribution in [0.15, 0.2) is 29.0 Å². The number of likely N-dealkylation sites (N-methyl/N-ethyl adjacent to an activating group) is 1. The van der Waals surface area contributed by atoms with E-state index in [9.17, 15) is 9.59 Å². The molecule has 0 aliphatic heterocycles. The monoisotopic (exact) mass is 260 g/mol. The van der Waals surface area contributed by atoms with Crippen LogP contribution >= 0.6 is 0 Å². The third kappa shape index (κ3) is 3.40. The SMILES string of the molecule is CC(=O)CC(=O)N(C)CCc1ccc2ncoc2c1. The number of benzene rings is 1. The molecule has 100 valence electrons. The zero-order chi connectivity index (χ0) is 13.8. The quantitative estimate of drug-likeness (QED) is 0.769. The largest absolute Gasteiger partial charge is 0.443 e. The van der Waals surface area contributed by atoms with Gasteiger partial charge in [0.05, 0.1) is 6.42 Å². The van der Waals surface area contributed by atoms with Crippen molar-refractivity contribution in [3.8, 4) is 0 Å². The second kappa shape index (κ2) is 5.65. The van der Waals surface area contributed by atoms with E-state index in [1.54, 1.807) is 11.9 Å². The Bertz CT molecular complexity index is 604. The highest BCUT2D eigenvalue weighted by molar-refractivity contribution is 5.96. The summed E-state index contributed by atoms with van der Waals surface area (Å²) in [7, 11) is 1.71. The summed E-state index contributed by atoms with van der Waals surface area (Å²) >= 11 is 0. The van der Waals surface area contributed by atoms with Gasteiger partial charge in [-0.25, -0.2) is 4.98 Å². The number of ketones is 1. The summed E-state index contributed by atoms with van der Waals surface area (Å²) in [5, 5.41) is 0. The first-order valence-corrected chi connectivity index (χ1v) is 6.12. The standard InChI is InChI=1S/C14H16N2O3/c1-10(17)7-14(18)16(2)6-5-11-3-4-12-13(8-11)19-9-15-12/h3-4,8-9H,5-7H2,1-2H3. The second-order valence-electron chi connectivity index (χ2n) is 4.60. The van der Waals surface area contributed by atoms with Crippen molar-refractivity contribution in [2.24, 2.45) is 0 Å².